The molecule has 0 bridgehead atoms. The molecule has 0 aromatic carbocycles. The average Bonchev–Trinajstić information content (AvgIpc) is 2.38. The highest BCUT2D eigenvalue weighted by molar-refractivity contribution is 4.76. The van der Waals surface area contributed by atoms with Gasteiger partial charge in [0, 0.05) is 12.6 Å². The summed E-state index contributed by atoms with van der Waals surface area (Å²) in [7, 11) is 0. The highest BCUT2D eigenvalue weighted by Crippen LogP contribution is 2.16. The quantitative estimate of drug-likeness (QED) is 0.646. The van der Waals surface area contributed by atoms with E-state index in [1.54, 1.807) is 0 Å². The Morgan fingerprint density at radius 1 is 1.70 bits per heavy atom. The fraction of sp³-hybridized carbons (Fsp3) is 1.00. The molecule has 0 saturated carbocycles. The van der Waals surface area contributed by atoms with E-state index in [1.165, 1.54) is 19.3 Å². The first-order valence-electron chi connectivity index (χ1n) is 4.21. The molecular formula is C8H17NO. The molecule has 2 heteroatoms. The SMILES string of the molecule is CCCC(N)C1CCCO1. The van der Waals surface area contributed by atoms with Crippen LogP contribution in [0.2, 0.25) is 0 Å². The Kier molecular flexibility index (Phi) is 3.16. The topological polar surface area (TPSA) is 35.2 Å². The zero-order chi connectivity index (χ0) is 7.40. The smallest absolute Gasteiger partial charge is 0.0726 e. The second kappa shape index (κ2) is 3.94. The zero-order valence-corrected chi connectivity index (χ0v) is 6.68. The summed E-state index contributed by atoms with van der Waals surface area (Å²) in [6.45, 7) is 3.08. The van der Waals surface area contributed by atoms with Crippen molar-refractivity contribution in [2.45, 2.75) is 44.8 Å². The molecule has 1 saturated heterocycles. The molecule has 2 unspecified atom stereocenters. The van der Waals surface area contributed by atoms with Gasteiger partial charge in [0.05, 0.1) is 6.10 Å². The van der Waals surface area contributed by atoms with Gasteiger partial charge in [0.2, 0.25) is 0 Å². The molecule has 0 aromatic heterocycles. The Hall–Kier alpha value is -0.0800. The Balaban J connectivity index is 2.18. The van der Waals surface area contributed by atoms with Gasteiger partial charge >= 0.3 is 0 Å². The summed E-state index contributed by atoms with van der Waals surface area (Å²) in [5.74, 6) is 0. The number of hydrogen-bond acceptors (Lipinski definition) is 2. The van der Waals surface area contributed by atoms with E-state index in [-0.39, 0.29) is 6.04 Å². The van der Waals surface area contributed by atoms with Crippen molar-refractivity contribution in [1.82, 2.24) is 0 Å². The Morgan fingerprint density at radius 3 is 3.00 bits per heavy atom. The van der Waals surface area contributed by atoms with Crippen LogP contribution >= 0.6 is 0 Å². The maximum atomic E-state index is 5.86. The predicted molar refractivity (Wildman–Crippen MR) is 41.9 cm³/mol. The van der Waals surface area contributed by atoms with Gasteiger partial charge in [-0.2, -0.15) is 0 Å². The number of rotatable bonds is 3. The Bertz CT molecular complexity index is 89.3. The van der Waals surface area contributed by atoms with E-state index < -0.39 is 0 Å². The van der Waals surface area contributed by atoms with Crippen LogP contribution in [-0.4, -0.2) is 18.8 Å². The molecule has 1 fully saturated rings. The highest BCUT2D eigenvalue weighted by Gasteiger charge is 2.21. The van der Waals surface area contributed by atoms with Crippen molar-refractivity contribution in [2.24, 2.45) is 5.73 Å². The van der Waals surface area contributed by atoms with Crippen molar-refractivity contribution >= 4 is 0 Å². The van der Waals surface area contributed by atoms with Gasteiger partial charge in [-0.3, -0.25) is 0 Å². The van der Waals surface area contributed by atoms with Gasteiger partial charge < -0.3 is 10.5 Å². The third-order valence-corrected chi connectivity index (χ3v) is 2.06. The van der Waals surface area contributed by atoms with Crippen LogP contribution in [0.15, 0.2) is 0 Å². The van der Waals surface area contributed by atoms with Gasteiger partial charge in [-0.15, -0.1) is 0 Å². The van der Waals surface area contributed by atoms with Crippen molar-refractivity contribution in [2.75, 3.05) is 6.61 Å². The van der Waals surface area contributed by atoms with E-state index in [2.05, 4.69) is 6.92 Å². The minimum atomic E-state index is 0.285. The summed E-state index contributed by atoms with van der Waals surface area (Å²) < 4.78 is 5.44. The minimum Gasteiger partial charge on any atom is -0.377 e. The molecule has 1 heterocycles. The summed E-state index contributed by atoms with van der Waals surface area (Å²) in [5, 5.41) is 0. The van der Waals surface area contributed by atoms with Crippen LogP contribution in [0.5, 0.6) is 0 Å². The summed E-state index contributed by atoms with van der Waals surface area (Å²) in [5.41, 5.74) is 5.86. The van der Waals surface area contributed by atoms with E-state index in [0.29, 0.717) is 6.10 Å². The predicted octanol–water partition coefficient (Wildman–Crippen LogP) is 1.29. The van der Waals surface area contributed by atoms with Crippen LogP contribution in [-0.2, 0) is 4.74 Å². The van der Waals surface area contributed by atoms with Gasteiger partial charge in [-0.05, 0) is 19.3 Å². The summed E-state index contributed by atoms with van der Waals surface area (Å²) in [6.07, 6.45) is 4.99. The zero-order valence-electron chi connectivity index (χ0n) is 6.68. The van der Waals surface area contributed by atoms with Gasteiger partial charge in [0.15, 0.2) is 0 Å². The lowest BCUT2D eigenvalue weighted by atomic mass is 10.0. The summed E-state index contributed by atoms with van der Waals surface area (Å²) in [4.78, 5) is 0. The molecule has 0 radical (unpaired) electrons. The van der Waals surface area contributed by atoms with Crippen molar-refractivity contribution in [3.05, 3.63) is 0 Å². The maximum absolute atomic E-state index is 5.86. The molecule has 2 atom stereocenters. The summed E-state index contributed by atoms with van der Waals surface area (Å²) in [6, 6.07) is 0.285. The van der Waals surface area contributed by atoms with Gasteiger partial charge in [0.25, 0.3) is 0 Å². The monoisotopic (exact) mass is 143 g/mol. The van der Waals surface area contributed by atoms with Gasteiger partial charge in [-0.1, -0.05) is 13.3 Å². The lowest BCUT2D eigenvalue weighted by Gasteiger charge is -2.16. The Labute approximate surface area is 62.7 Å². The van der Waals surface area contributed by atoms with Crippen LogP contribution in [0.1, 0.15) is 32.6 Å². The van der Waals surface area contributed by atoms with E-state index in [0.717, 1.165) is 13.0 Å². The molecule has 10 heavy (non-hydrogen) atoms. The van der Waals surface area contributed by atoms with E-state index in [4.69, 9.17) is 10.5 Å². The molecule has 2 N–H and O–H groups in total. The molecular weight excluding hydrogens is 126 g/mol. The first-order chi connectivity index (χ1) is 4.84. The van der Waals surface area contributed by atoms with Gasteiger partial charge in [0.1, 0.15) is 0 Å². The van der Waals surface area contributed by atoms with Crippen LogP contribution in [0.3, 0.4) is 0 Å². The first kappa shape index (κ1) is 8.02. The van der Waals surface area contributed by atoms with Crippen molar-refractivity contribution < 1.29 is 4.74 Å². The molecule has 0 aliphatic carbocycles. The third-order valence-electron chi connectivity index (χ3n) is 2.06. The molecule has 0 aromatic rings. The van der Waals surface area contributed by atoms with E-state index >= 15 is 0 Å². The fourth-order valence-corrected chi connectivity index (χ4v) is 1.46. The van der Waals surface area contributed by atoms with Crippen molar-refractivity contribution in [1.29, 1.82) is 0 Å². The van der Waals surface area contributed by atoms with Crippen molar-refractivity contribution in [3.63, 3.8) is 0 Å². The number of hydrogen-bond donors (Lipinski definition) is 1. The second-order valence-corrected chi connectivity index (χ2v) is 3.00. The molecule has 1 aliphatic heterocycles. The third kappa shape index (κ3) is 1.96. The molecule has 0 spiro atoms. The van der Waals surface area contributed by atoms with Crippen LogP contribution in [0, 0.1) is 0 Å². The van der Waals surface area contributed by atoms with Crippen LogP contribution in [0.25, 0.3) is 0 Å². The Morgan fingerprint density at radius 2 is 2.50 bits per heavy atom. The standard InChI is InChI=1S/C8H17NO/c1-2-4-7(9)8-5-3-6-10-8/h7-8H,2-6,9H2,1H3. The lowest BCUT2D eigenvalue weighted by Crippen LogP contribution is -2.33. The van der Waals surface area contributed by atoms with Crippen LogP contribution < -0.4 is 5.73 Å². The normalized spacial score (nSPS) is 28.8. The van der Waals surface area contributed by atoms with E-state index in [1.807, 2.05) is 0 Å². The van der Waals surface area contributed by atoms with E-state index in [9.17, 15) is 0 Å². The maximum Gasteiger partial charge on any atom is 0.0726 e. The summed E-state index contributed by atoms with van der Waals surface area (Å²) >= 11 is 0. The molecule has 60 valence electrons. The second-order valence-electron chi connectivity index (χ2n) is 3.00. The number of nitrogens with two attached hydrogens (primary N) is 1. The lowest BCUT2D eigenvalue weighted by molar-refractivity contribution is 0.0873. The first-order valence-corrected chi connectivity index (χ1v) is 4.21. The van der Waals surface area contributed by atoms with Gasteiger partial charge in [-0.25, -0.2) is 0 Å². The minimum absolute atomic E-state index is 0.285. The largest absolute Gasteiger partial charge is 0.377 e. The highest BCUT2D eigenvalue weighted by atomic mass is 16.5. The average molecular weight is 143 g/mol. The fourth-order valence-electron chi connectivity index (χ4n) is 1.46. The van der Waals surface area contributed by atoms with Crippen molar-refractivity contribution in [3.8, 4) is 0 Å². The molecule has 2 nitrogen and oxygen atoms in total. The number of ether oxygens (including phenoxy) is 1. The van der Waals surface area contributed by atoms with Crippen LogP contribution in [0.4, 0.5) is 0 Å². The molecule has 1 rings (SSSR count). The molecule has 0 amide bonds. The molecule has 1 aliphatic rings.